The smallest absolute Gasteiger partial charge is 0.266 e. The molecule has 2 N–H and O–H groups in total. The van der Waals surface area contributed by atoms with Crippen LogP contribution in [0, 0.1) is 11.7 Å². The molecule has 4 aromatic rings. The van der Waals surface area contributed by atoms with Crippen LogP contribution in [0.2, 0.25) is 5.02 Å². The van der Waals surface area contributed by atoms with E-state index >= 15 is 0 Å². The van der Waals surface area contributed by atoms with Crippen molar-refractivity contribution in [1.82, 2.24) is 19.3 Å². The number of nitrogens with one attached hydrogen (secondary N) is 1. The van der Waals surface area contributed by atoms with Gasteiger partial charge in [-0.15, -0.1) is 0 Å². The van der Waals surface area contributed by atoms with E-state index in [1.807, 2.05) is 0 Å². The molecule has 10 heteroatoms. The van der Waals surface area contributed by atoms with Gasteiger partial charge in [0, 0.05) is 23.7 Å². The zero-order valence-electron chi connectivity index (χ0n) is 17.5. The molecule has 0 radical (unpaired) electrons. The quantitative estimate of drug-likeness (QED) is 0.451. The normalized spacial score (nSPS) is 18.2. The van der Waals surface area contributed by atoms with E-state index < -0.39 is 0 Å². The van der Waals surface area contributed by atoms with E-state index in [9.17, 15) is 14.3 Å². The molecule has 0 spiro atoms. The minimum absolute atomic E-state index is 0.00507. The summed E-state index contributed by atoms with van der Waals surface area (Å²) in [5, 5.41) is 17.7. The number of rotatable bonds is 6. The Morgan fingerprint density at radius 3 is 2.91 bits per heavy atom. The standard InChI is InChI=1S/C23H21ClFN5O3/c24-17-9-26-22(28-19-13-33-12-15(19)11-31)7-21(17)29-6-5-20-16(23(29)32)8-27-30(20)10-14-3-1-2-4-18(14)25/h1-9,15,19,31H,10-13H2,(H,26,28)/t15-,19?/m1/s1. The van der Waals surface area contributed by atoms with E-state index in [0.717, 1.165) is 0 Å². The molecule has 1 aromatic carbocycles. The summed E-state index contributed by atoms with van der Waals surface area (Å²) in [7, 11) is 0. The van der Waals surface area contributed by atoms with Crippen LogP contribution in [0.15, 0.2) is 59.8 Å². The fourth-order valence-corrected chi connectivity index (χ4v) is 4.20. The first-order chi connectivity index (χ1) is 16.0. The number of aliphatic hydroxyl groups is 1. The Balaban J connectivity index is 1.48. The predicted molar refractivity (Wildman–Crippen MR) is 122 cm³/mol. The van der Waals surface area contributed by atoms with Crippen molar-refractivity contribution in [1.29, 1.82) is 0 Å². The van der Waals surface area contributed by atoms with Gasteiger partial charge in [-0.3, -0.25) is 14.0 Å². The van der Waals surface area contributed by atoms with Gasteiger partial charge >= 0.3 is 0 Å². The van der Waals surface area contributed by atoms with Crippen LogP contribution >= 0.6 is 11.6 Å². The summed E-state index contributed by atoms with van der Waals surface area (Å²) in [6, 6.07) is 9.82. The van der Waals surface area contributed by atoms with Crippen LogP contribution in [0.3, 0.4) is 0 Å². The van der Waals surface area contributed by atoms with Gasteiger partial charge in [0.05, 0.1) is 66.4 Å². The third-order valence-corrected chi connectivity index (χ3v) is 6.14. The number of anilines is 1. The minimum atomic E-state index is -0.325. The van der Waals surface area contributed by atoms with Gasteiger partial charge in [0.25, 0.3) is 5.56 Å². The Morgan fingerprint density at radius 1 is 1.24 bits per heavy atom. The summed E-state index contributed by atoms with van der Waals surface area (Å²) in [6.07, 6.45) is 4.57. The second-order valence-electron chi connectivity index (χ2n) is 7.94. The number of hydrogen-bond acceptors (Lipinski definition) is 6. The SMILES string of the molecule is O=c1c2cnn(Cc3ccccc3F)c2ccn1-c1cc(NC2COC[C@H]2CO)ncc1Cl. The Hall–Kier alpha value is -3.27. The van der Waals surface area contributed by atoms with Crippen molar-refractivity contribution >= 4 is 28.3 Å². The number of nitrogens with zero attached hydrogens (tertiary/aromatic N) is 4. The van der Waals surface area contributed by atoms with Gasteiger partial charge in [-0.25, -0.2) is 9.37 Å². The fraction of sp³-hybridized carbons (Fsp3) is 0.261. The average Bonchev–Trinajstić information content (AvgIpc) is 3.44. The second kappa shape index (κ2) is 8.93. The van der Waals surface area contributed by atoms with Crippen molar-refractivity contribution in [3.63, 3.8) is 0 Å². The first kappa shape index (κ1) is 21.6. The molecule has 0 saturated carbocycles. The van der Waals surface area contributed by atoms with E-state index in [1.165, 1.54) is 23.0 Å². The first-order valence-corrected chi connectivity index (χ1v) is 10.8. The maximum Gasteiger partial charge on any atom is 0.266 e. The lowest BCUT2D eigenvalue weighted by Gasteiger charge is -2.18. The number of aromatic nitrogens is 4. The average molecular weight is 470 g/mol. The summed E-state index contributed by atoms with van der Waals surface area (Å²) in [5.74, 6) is 0.157. The van der Waals surface area contributed by atoms with E-state index in [1.54, 1.807) is 41.2 Å². The summed E-state index contributed by atoms with van der Waals surface area (Å²) >= 11 is 6.38. The van der Waals surface area contributed by atoms with Crippen molar-refractivity contribution in [2.75, 3.05) is 25.1 Å². The summed E-state index contributed by atoms with van der Waals surface area (Å²) in [4.78, 5) is 17.6. The number of fused-ring (bicyclic) bond motifs is 1. The summed E-state index contributed by atoms with van der Waals surface area (Å²) in [6.45, 7) is 1.14. The lowest BCUT2D eigenvalue weighted by molar-refractivity contribution is 0.161. The topological polar surface area (TPSA) is 94.2 Å². The number of hydrogen-bond donors (Lipinski definition) is 2. The lowest BCUT2D eigenvalue weighted by Crippen LogP contribution is -2.30. The highest BCUT2D eigenvalue weighted by Gasteiger charge is 2.28. The number of pyridine rings is 2. The van der Waals surface area contributed by atoms with Crippen LogP contribution in [0.4, 0.5) is 10.2 Å². The maximum atomic E-state index is 14.1. The largest absolute Gasteiger partial charge is 0.396 e. The molecule has 3 aromatic heterocycles. The van der Waals surface area contributed by atoms with Gasteiger partial charge in [-0.2, -0.15) is 5.10 Å². The van der Waals surface area contributed by atoms with Crippen molar-refractivity contribution in [2.45, 2.75) is 12.6 Å². The third-order valence-electron chi connectivity index (χ3n) is 5.85. The molecule has 1 fully saturated rings. The number of ether oxygens (including phenoxy) is 1. The molecule has 0 bridgehead atoms. The molecule has 2 atom stereocenters. The molecule has 1 saturated heterocycles. The van der Waals surface area contributed by atoms with Crippen LogP contribution in [0.25, 0.3) is 16.6 Å². The highest BCUT2D eigenvalue weighted by molar-refractivity contribution is 6.32. The van der Waals surface area contributed by atoms with Crippen LogP contribution in [-0.2, 0) is 11.3 Å². The van der Waals surface area contributed by atoms with E-state index in [4.69, 9.17) is 16.3 Å². The predicted octanol–water partition coefficient (Wildman–Crippen LogP) is 2.84. The molecule has 1 unspecified atom stereocenters. The molecule has 1 aliphatic heterocycles. The molecular formula is C23H21ClFN5O3. The Kier molecular flexibility index (Phi) is 5.84. The Bertz CT molecular complexity index is 1370. The third kappa shape index (κ3) is 4.10. The van der Waals surface area contributed by atoms with Gasteiger partial charge in [0.15, 0.2) is 0 Å². The van der Waals surface area contributed by atoms with Crippen LogP contribution in [0.1, 0.15) is 5.56 Å². The molecule has 33 heavy (non-hydrogen) atoms. The Morgan fingerprint density at radius 2 is 2.09 bits per heavy atom. The van der Waals surface area contributed by atoms with Crippen molar-refractivity contribution < 1.29 is 14.2 Å². The molecule has 1 aliphatic rings. The molecule has 5 rings (SSSR count). The summed E-state index contributed by atoms with van der Waals surface area (Å²) < 4.78 is 22.5. The zero-order valence-corrected chi connectivity index (χ0v) is 18.2. The van der Waals surface area contributed by atoms with Crippen LogP contribution in [-0.4, -0.2) is 50.3 Å². The fourth-order valence-electron chi connectivity index (χ4n) is 4.00. The van der Waals surface area contributed by atoms with Gasteiger partial charge in [0.1, 0.15) is 11.6 Å². The Labute approximate surface area is 193 Å². The number of aliphatic hydroxyl groups excluding tert-OH is 1. The van der Waals surface area contributed by atoms with Crippen LogP contribution in [0.5, 0.6) is 0 Å². The van der Waals surface area contributed by atoms with Crippen molar-refractivity contribution in [3.05, 3.63) is 81.7 Å². The van der Waals surface area contributed by atoms with E-state index in [0.29, 0.717) is 46.2 Å². The summed E-state index contributed by atoms with van der Waals surface area (Å²) in [5.41, 5.74) is 1.24. The van der Waals surface area contributed by atoms with Gasteiger partial charge in [0.2, 0.25) is 0 Å². The minimum Gasteiger partial charge on any atom is -0.396 e. The van der Waals surface area contributed by atoms with E-state index in [2.05, 4.69) is 15.4 Å². The molecular weight excluding hydrogens is 449 g/mol. The molecule has 8 nitrogen and oxygen atoms in total. The van der Waals surface area contributed by atoms with E-state index in [-0.39, 0.29) is 36.5 Å². The number of benzene rings is 1. The van der Waals surface area contributed by atoms with Gasteiger partial charge in [-0.1, -0.05) is 29.8 Å². The van der Waals surface area contributed by atoms with Crippen molar-refractivity contribution in [3.8, 4) is 5.69 Å². The zero-order chi connectivity index (χ0) is 22.9. The maximum absolute atomic E-state index is 14.1. The number of halogens is 2. The second-order valence-corrected chi connectivity index (χ2v) is 8.34. The van der Waals surface area contributed by atoms with Crippen LogP contribution < -0.4 is 10.9 Å². The van der Waals surface area contributed by atoms with Gasteiger partial charge in [-0.05, 0) is 12.1 Å². The van der Waals surface area contributed by atoms with Gasteiger partial charge < -0.3 is 15.2 Å². The molecule has 4 heterocycles. The molecule has 170 valence electrons. The molecule has 0 aliphatic carbocycles. The molecule has 0 amide bonds. The lowest BCUT2D eigenvalue weighted by atomic mass is 10.1. The highest BCUT2D eigenvalue weighted by Crippen LogP contribution is 2.25. The van der Waals surface area contributed by atoms with Crippen molar-refractivity contribution in [2.24, 2.45) is 5.92 Å². The monoisotopic (exact) mass is 469 g/mol. The first-order valence-electron chi connectivity index (χ1n) is 10.5. The highest BCUT2D eigenvalue weighted by atomic mass is 35.5.